The van der Waals surface area contributed by atoms with Crippen LogP contribution >= 0.6 is 0 Å². The molecule has 1 N–H and O–H groups in total. The number of para-hydroxylation sites is 1. The Kier molecular flexibility index (Phi) is 5.88. The highest BCUT2D eigenvalue weighted by Gasteiger charge is 2.29. The Morgan fingerprint density at radius 1 is 1.07 bits per heavy atom. The minimum atomic E-state index is -3.72. The summed E-state index contributed by atoms with van der Waals surface area (Å²) in [6.45, 7) is 3.52. The molecule has 2 aromatic rings. The molecule has 3 rings (SSSR count). The van der Waals surface area contributed by atoms with E-state index in [0.29, 0.717) is 13.1 Å². The van der Waals surface area contributed by atoms with Gasteiger partial charge >= 0.3 is 0 Å². The minimum Gasteiger partial charge on any atom is -0.325 e. The number of aryl methyl sites for hydroxylation is 1. The van der Waals surface area contributed by atoms with Crippen molar-refractivity contribution in [3.05, 3.63) is 59.9 Å². The van der Waals surface area contributed by atoms with E-state index in [2.05, 4.69) is 5.32 Å². The van der Waals surface area contributed by atoms with Gasteiger partial charge in [0.1, 0.15) is 5.82 Å². The second-order valence-electron chi connectivity index (χ2n) is 6.50. The van der Waals surface area contributed by atoms with Gasteiger partial charge in [0.2, 0.25) is 15.9 Å². The smallest absolute Gasteiger partial charge is 0.243 e. The van der Waals surface area contributed by atoms with Gasteiger partial charge < -0.3 is 5.32 Å². The predicted molar refractivity (Wildman–Crippen MR) is 101 cm³/mol. The maximum atomic E-state index is 13.3. The van der Waals surface area contributed by atoms with Gasteiger partial charge in [-0.15, -0.1) is 0 Å². The Balaban J connectivity index is 1.56. The fraction of sp³-hybridized carbons (Fsp3) is 0.316. The lowest BCUT2D eigenvalue weighted by atomic mass is 10.2. The SMILES string of the molecule is Cc1ccccc1NC(=O)CN1CCN(S(=O)(=O)c2cccc(F)c2)CC1. The van der Waals surface area contributed by atoms with Gasteiger partial charge in [-0.05, 0) is 36.8 Å². The third kappa shape index (κ3) is 4.71. The van der Waals surface area contributed by atoms with E-state index in [9.17, 15) is 17.6 Å². The number of carbonyl (C=O) groups is 1. The number of benzene rings is 2. The zero-order valence-electron chi connectivity index (χ0n) is 15.1. The van der Waals surface area contributed by atoms with Gasteiger partial charge in [0, 0.05) is 31.9 Å². The molecule has 1 amide bonds. The standard InChI is InChI=1S/C19H22FN3O3S/c1-15-5-2-3-8-18(15)21-19(24)14-22-9-11-23(12-10-22)27(25,26)17-7-4-6-16(20)13-17/h2-8,13H,9-12,14H2,1H3,(H,21,24). The molecule has 144 valence electrons. The third-order valence-electron chi connectivity index (χ3n) is 4.55. The zero-order chi connectivity index (χ0) is 19.4. The number of halogens is 1. The number of piperazine rings is 1. The number of anilines is 1. The lowest BCUT2D eigenvalue weighted by Gasteiger charge is -2.33. The maximum absolute atomic E-state index is 13.3. The number of sulfonamides is 1. The van der Waals surface area contributed by atoms with E-state index < -0.39 is 15.8 Å². The monoisotopic (exact) mass is 391 g/mol. The summed E-state index contributed by atoms with van der Waals surface area (Å²) >= 11 is 0. The highest BCUT2D eigenvalue weighted by molar-refractivity contribution is 7.89. The molecule has 1 aliphatic heterocycles. The second-order valence-corrected chi connectivity index (χ2v) is 8.44. The quantitative estimate of drug-likeness (QED) is 0.847. The molecule has 0 spiro atoms. The summed E-state index contributed by atoms with van der Waals surface area (Å²) in [6.07, 6.45) is 0. The molecule has 1 saturated heterocycles. The first-order valence-corrected chi connectivity index (χ1v) is 10.1. The summed E-state index contributed by atoms with van der Waals surface area (Å²) in [5.41, 5.74) is 1.76. The van der Waals surface area contributed by atoms with Crippen LogP contribution in [0.1, 0.15) is 5.56 Å². The molecule has 1 aliphatic rings. The van der Waals surface area contributed by atoms with Crippen LogP contribution < -0.4 is 5.32 Å². The van der Waals surface area contributed by atoms with Crippen LogP contribution in [0.5, 0.6) is 0 Å². The summed E-state index contributed by atoms with van der Waals surface area (Å²) in [4.78, 5) is 14.1. The normalized spacial score (nSPS) is 16.2. The van der Waals surface area contributed by atoms with Crippen molar-refractivity contribution in [1.29, 1.82) is 0 Å². The fourth-order valence-corrected chi connectivity index (χ4v) is 4.46. The summed E-state index contributed by atoms with van der Waals surface area (Å²) in [5, 5.41) is 2.88. The molecule has 1 heterocycles. The number of carbonyl (C=O) groups excluding carboxylic acids is 1. The van der Waals surface area contributed by atoms with E-state index in [1.807, 2.05) is 36.1 Å². The van der Waals surface area contributed by atoms with Crippen molar-refractivity contribution in [2.45, 2.75) is 11.8 Å². The minimum absolute atomic E-state index is 0.0479. The van der Waals surface area contributed by atoms with E-state index >= 15 is 0 Å². The van der Waals surface area contributed by atoms with Crippen molar-refractivity contribution in [1.82, 2.24) is 9.21 Å². The van der Waals surface area contributed by atoms with Gasteiger partial charge in [-0.25, -0.2) is 12.8 Å². The summed E-state index contributed by atoms with van der Waals surface area (Å²) in [6, 6.07) is 12.5. The van der Waals surface area contributed by atoms with Crippen molar-refractivity contribution >= 4 is 21.6 Å². The molecule has 0 unspecified atom stereocenters. The Labute approximate surface area is 158 Å². The van der Waals surface area contributed by atoms with E-state index in [0.717, 1.165) is 17.3 Å². The molecular formula is C19H22FN3O3S. The molecule has 0 saturated carbocycles. The average Bonchev–Trinajstić information content (AvgIpc) is 2.64. The van der Waals surface area contributed by atoms with E-state index in [1.54, 1.807) is 0 Å². The van der Waals surface area contributed by atoms with E-state index in [4.69, 9.17) is 0 Å². The van der Waals surface area contributed by atoms with Crippen LogP contribution in [0.15, 0.2) is 53.4 Å². The molecule has 0 bridgehead atoms. The van der Waals surface area contributed by atoms with Crippen molar-refractivity contribution < 1.29 is 17.6 Å². The predicted octanol–water partition coefficient (Wildman–Crippen LogP) is 2.08. The van der Waals surface area contributed by atoms with Crippen molar-refractivity contribution in [3.8, 4) is 0 Å². The van der Waals surface area contributed by atoms with Gasteiger partial charge in [-0.3, -0.25) is 9.69 Å². The molecule has 0 aromatic heterocycles. The number of rotatable bonds is 5. The topological polar surface area (TPSA) is 69.7 Å². The first-order valence-electron chi connectivity index (χ1n) is 8.70. The maximum Gasteiger partial charge on any atom is 0.243 e. The van der Waals surface area contributed by atoms with Crippen LogP contribution in [0.2, 0.25) is 0 Å². The first kappa shape index (κ1) is 19.5. The number of hydrogen-bond donors (Lipinski definition) is 1. The molecule has 0 radical (unpaired) electrons. The highest BCUT2D eigenvalue weighted by Crippen LogP contribution is 2.18. The largest absolute Gasteiger partial charge is 0.325 e. The van der Waals surface area contributed by atoms with Crippen LogP contribution in [0.4, 0.5) is 10.1 Å². The van der Waals surface area contributed by atoms with E-state index in [1.165, 1.54) is 22.5 Å². The molecule has 27 heavy (non-hydrogen) atoms. The van der Waals surface area contributed by atoms with Crippen LogP contribution in [0.25, 0.3) is 0 Å². The third-order valence-corrected chi connectivity index (χ3v) is 6.45. The molecule has 0 aliphatic carbocycles. The first-order chi connectivity index (χ1) is 12.9. The summed E-state index contributed by atoms with van der Waals surface area (Å²) < 4.78 is 39.9. The average molecular weight is 391 g/mol. The van der Waals surface area contributed by atoms with Gasteiger partial charge in [0.25, 0.3) is 0 Å². The number of nitrogens with zero attached hydrogens (tertiary/aromatic N) is 2. The molecular weight excluding hydrogens is 369 g/mol. The lowest BCUT2D eigenvalue weighted by molar-refractivity contribution is -0.117. The molecule has 2 aromatic carbocycles. The number of amides is 1. The molecule has 8 heteroatoms. The molecule has 6 nitrogen and oxygen atoms in total. The zero-order valence-corrected chi connectivity index (χ0v) is 15.9. The Hall–Kier alpha value is -2.29. The van der Waals surface area contributed by atoms with Crippen molar-refractivity contribution in [2.75, 3.05) is 38.0 Å². The highest BCUT2D eigenvalue weighted by atomic mass is 32.2. The van der Waals surface area contributed by atoms with E-state index in [-0.39, 0.29) is 30.4 Å². The van der Waals surface area contributed by atoms with Gasteiger partial charge in [0.05, 0.1) is 11.4 Å². The second kappa shape index (κ2) is 8.16. The molecule has 0 atom stereocenters. The Bertz CT molecular complexity index is 925. The van der Waals surface area contributed by atoms with Gasteiger partial charge in [-0.1, -0.05) is 24.3 Å². The number of nitrogens with one attached hydrogen (secondary N) is 1. The number of hydrogen-bond acceptors (Lipinski definition) is 4. The van der Waals surface area contributed by atoms with Crippen LogP contribution in [-0.4, -0.2) is 56.3 Å². The van der Waals surface area contributed by atoms with Crippen molar-refractivity contribution in [2.24, 2.45) is 0 Å². The Morgan fingerprint density at radius 2 is 1.78 bits per heavy atom. The van der Waals surface area contributed by atoms with Crippen molar-refractivity contribution in [3.63, 3.8) is 0 Å². The fourth-order valence-electron chi connectivity index (χ4n) is 3.01. The van der Waals surface area contributed by atoms with Crippen LogP contribution in [0.3, 0.4) is 0 Å². The van der Waals surface area contributed by atoms with Gasteiger partial charge in [-0.2, -0.15) is 4.31 Å². The summed E-state index contributed by atoms with van der Waals surface area (Å²) in [7, 11) is -3.72. The van der Waals surface area contributed by atoms with Crippen LogP contribution in [0, 0.1) is 12.7 Å². The Morgan fingerprint density at radius 3 is 2.44 bits per heavy atom. The summed E-state index contributed by atoms with van der Waals surface area (Å²) in [5.74, 6) is -0.715. The van der Waals surface area contributed by atoms with Crippen LogP contribution in [-0.2, 0) is 14.8 Å². The molecule has 1 fully saturated rings. The van der Waals surface area contributed by atoms with Gasteiger partial charge in [0.15, 0.2) is 0 Å². The lowest BCUT2D eigenvalue weighted by Crippen LogP contribution is -2.50.